The molecule has 0 spiro atoms. The van der Waals surface area contributed by atoms with Gasteiger partial charge in [-0.1, -0.05) is 0 Å². The summed E-state index contributed by atoms with van der Waals surface area (Å²) in [7, 11) is 1.75. The number of halogens is 3. The van der Waals surface area contributed by atoms with Crippen LogP contribution in [0, 0.1) is 0 Å². The van der Waals surface area contributed by atoms with Crippen LogP contribution in [0.3, 0.4) is 0 Å². The Kier molecular flexibility index (Phi) is 3.56. The van der Waals surface area contributed by atoms with Gasteiger partial charge in [0.25, 0.3) is 5.91 Å². The number of aryl methyl sites for hydroxylation is 1. The number of pyridine rings is 1. The van der Waals surface area contributed by atoms with Gasteiger partial charge in [-0.3, -0.25) is 14.4 Å². The Labute approximate surface area is 157 Å². The highest BCUT2D eigenvalue weighted by Crippen LogP contribution is 2.42. The average Bonchev–Trinajstić information content (AvgIpc) is 3.28. The van der Waals surface area contributed by atoms with Gasteiger partial charge in [-0.25, -0.2) is 9.67 Å². The van der Waals surface area contributed by atoms with E-state index in [1.165, 1.54) is 17.2 Å². The molecule has 0 unspecified atom stereocenters. The summed E-state index contributed by atoms with van der Waals surface area (Å²) in [5.74, 6) is 0.123. The lowest BCUT2D eigenvalue weighted by Crippen LogP contribution is -2.43. The van der Waals surface area contributed by atoms with Crippen LogP contribution in [0.25, 0.3) is 11.0 Å². The maximum atomic E-state index is 13.4. The predicted molar refractivity (Wildman–Crippen MR) is 94.1 cm³/mol. The highest BCUT2D eigenvalue weighted by Gasteiger charge is 2.46. The second-order valence-corrected chi connectivity index (χ2v) is 7.31. The van der Waals surface area contributed by atoms with Gasteiger partial charge in [-0.05, 0) is 25.3 Å². The number of nitrogens with zero attached hydrogens (tertiary/aromatic N) is 6. The van der Waals surface area contributed by atoms with E-state index in [0.29, 0.717) is 22.5 Å². The Morgan fingerprint density at radius 3 is 2.71 bits per heavy atom. The first-order valence-corrected chi connectivity index (χ1v) is 9.09. The van der Waals surface area contributed by atoms with Crippen molar-refractivity contribution in [1.82, 2.24) is 24.5 Å². The fraction of sp³-hybridized carbons (Fsp3) is 0.444. The van der Waals surface area contributed by atoms with E-state index in [2.05, 4.69) is 15.2 Å². The fourth-order valence-electron chi connectivity index (χ4n) is 3.80. The van der Waals surface area contributed by atoms with Crippen LogP contribution in [0.5, 0.6) is 0 Å². The molecular formula is C18H17F3N6O. The molecule has 0 aromatic carbocycles. The molecule has 1 fully saturated rings. The van der Waals surface area contributed by atoms with Crippen LogP contribution in [0.1, 0.15) is 47.3 Å². The lowest BCUT2D eigenvalue weighted by molar-refractivity contribution is -0.172. The minimum atomic E-state index is -4.41. The first kappa shape index (κ1) is 17.2. The number of carbonyl (C=O) groups is 1. The third kappa shape index (κ3) is 2.58. The smallest absolute Gasteiger partial charge is 0.293 e. The molecule has 1 atom stereocenters. The first-order chi connectivity index (χ1) is 13.3. The van der Waals surface area contributed by atoms with E-state index in [1.807, 2.05) is 0 Å². The van der Waals surface area contributed by atoms with Gasteiger partial charge in [0, 0.05) is 31.3 Å². The number of hydrogen-bond donors (Lipinski definition) is 0. The molecule has 7 nitrogen and oxygen atoms in total. The van der Waals surface area contributed by atoms with Crippen LogP contribution in [0.2, 0.25) is 0 Å². The summed E-state index contributed by atoms with van der Waals surface area (Å²) in [5.41, 5.74) is 1.85. The van der Waals surface area contributed by atoms with Gasteiger partial charge in [0.15, 0.2) is 11.7 Å². The molecule has 1 saturated carbocycles. The van der Waals surface area contributed by atoms with Gasteiger partial charge in [-0.2, -0.15) is 23.4 Å². The lowest BCUT2D eigenvalue weighted by atomic mass is 10.1. The Hall–Kier alpha value is -2.91. The van der Waals surface area contributed by atoms with Gasteiger partial charge in [0.05, 0.1) is 23.3 Å². The van der Waals surface area contributed by atoms with Crippen molar-refractivity contribution in [1.29, 1.82) is 0 Å². The van der Waals surface area contributed by atoms with Crippen LogP contribution in [-0.2, 0) is 7.05 Å². The monoisotopic (exact) mass is 390 g/mol. The zero-order chi connectivity index (χ0) is 19.6. The number of amides is 1. The first-order valence-electron chi connectivity index (χ1n) is 9.09. The number of aromatic nitrogens is 5. The zero-order valence-corrected chi connectivity index (χ0v) is 15.0. The number of anilines is 1. The molecule has 10 heteroatoms. The molecule has 28 heavy (non-hydrogen) atoms. The topological polar surface area (TPSA) is 68.8 Å². The Bertz CT molecular complexity index is 1080. The summed E-state index contributed by atoms with van der Waals surface area (Å²) in [6, 6.07) is 1.49. The predicted octanol–water partition coefficient (Wildman–Crippen LogP) is 3.20. The van der Waals surface area contributed by atoms with E-state index < -0.39 is 12.2 Å². The van der Waals surface area contributed by atoms with Gasteiger partial charge in [-0.15, -0.1) is 0 Å². The minimum absolute atomic E-state index is 0.0302. The van der Waals surface area contributed by atoms with Gasteiger partial charge in [0.1, 0.15) is 5.82 Å². The van der Waals surface area contributed by atoms with E-state index in [1.54, 1.807) is 24.0 Å². The fourth-order valence-corrected chi connectivity index (χ4v) is 3.80. The van der Waals surface area contributed by atoms with Crippen molar-refractivity contribution in [2.24, 2.45) is 7.05 Å². The summed E-state index contributed by atoms with van der Waals surface area (Å²) in [6.45, 7) is -0.0302. The number of rotatable bonds is 2. The number of fused-ring (bicyclic) bond motifs is 2. The molecule has 0 saturated heterocycles. The van der Waals surface area contributed by atoms with E-state index in [-0.39, 0.29) is 24.7 Å². The molecule has 0 N–H and O–H groups in total. The molecule has 1 aliphatic heterocycles. The summed E-state index contributed by atoms with van der Waals surface area (Å²) in [5, 5.41) is 8.63. The van der Waals surface area contributed by atoms with Crippen LogP contribution in [0.15, 0.2) is 24.5 Å². The zero-order valence-electron chi connectivity index (χ0n) is 15.0. The molecule has 0 bridgehead atoms. The second-order valence-electron chi connectivity index (χ2n) is 7.31. The Balaban J connectivity index is 1.59. The second kappa shape index (κ2) is 5.79. The molecule has 5 rings (SSSR count). The van der Waals surface area contributed by atoms with Crippen LogP contribution in [0.4, 0.5) is 19.0 Å². The lowest BCUT2D eigenvalue weighted by Gasteiger charge is -2.34. The highest BCUT2D eigenvalue weighted by molar-refractivity contribution is 6.13. The molecule has 4 heterocycles. The number of hydrogen-bond acceptors (Lipinski definition) is 4. The molecule has 1 amide bonds. The van der Waals surface area contributed by atoms with Crippen molar-refractivity contribution in [3.63, 3.8) is 0 Å². The average molecular weight is 390 g/mol. The Morgan fingerprint density at radius 2 is 2.00 bits per heavy atom. The number of carbonyl (C=O) groups excluding carboxylic acids is 1. The van der Waals surface area contributed by atoms with E-state index in [4.69, 9.17) is 0 Å². The van der Waals surface area contributed by atoms with Gasteiger partial charge < -0.3 is 0 Å². The molecule has 3 aromatic rings. The molecule has 0 radical (unpaired) electrons. The normalized spacial score (nSPS) is 19.9. The van der Waals surface area contributed by atoms with E-state index >= 15 is 0 Å². The molecule has 1 aliphatic carbocycles. The van der Waals surface area contributed by atoms with Crippen molar-refractivity contribution >= 4 is 22.8 Å². The third-order valence-electron chi connectivity index (χ3n) is 5.42. The standard InChI is InChI=1S/C18H17F3N6O/c1-25-16-12(9-23-25)11(8-13(24-16)10-2-3-10)17(28)26-7-5-14(18(19,20)21)27-15(26)4-6-22-27/h4,6,8-10,14H,2-3,5,7H2,1H3/t14-/m0/s1. The van der Waals surface area contributed by atoms with Crippen molar-refractivity contribution in [2.75, 3.05) is 11.4 Å². The Morgan fingerprint density at radius 1 is 1.21 bits per heavy atom. The van der Waals surface area contributed by atoms with Gasteiger partial charge >= 0.3 is 6.18 Å². The van der Waals surface area contributed by atoms with Crippen LogP contribution < -0.4 is 4.90 Å². The quantitative estimate of drug-likeness (QED) is 0.674. The maximum Gasteiger partial charge on any atom is 0.410 e. The summed E-state index contributed by atoms with van der Waals surface area (Å²) < 4.78 is 42.5. The third-order valence-corrected chi connectivity index (χ3v) is 5.42. The van der Waals surface area contributed by atoms with Crippen molar-refractivity contribution in [3.05, 3.63) is 35.8 Å². The summed E-state index contributed by atoms with van der Waals surface area (Å²) in [4.78, 5) is 19.4. The van der Waals surface area contributed by atoms with Crippen LogP contribution in [-0.4, -0.2) is 43.2 Å². The van der Waals surface area contributed by atoms with Gasteiger partial charge in [0.2, 0.25) is 0 Å². The largest absolute Gasteiger partial charge is 0.410 e. The molecule has 3 aromatic heterocycles. The van der Waals surface area contributed by atoms with E-state index in [9.17, 15) is 18.0 Å². The minimum Gasteiger partial charge on any atom is -0.293 e. The summed E-state index contributed by atoms with van der Waals surface area (Å²) >= 11 is 0. The van der Waals surface area contributed by atoms with Crippen molar-refractivity contribution in [3.8, 4) is 0 Å². The highest BCUT2D eigenvalue weighted by atomic mass is 19.4. The molecule has 2 aliphatic rings. The molecule has 146 valence electrons. The van der Waals surface area contributed by atoms with Crippen molar-refractivity contribution in [2.45, 2.75) is 37.4 Å². The molecular weight excluding hydrogens is 373 g/mol. The van der Waals surface area contributed by atoms with E-state index in [0.717, 1.165) is 23.2 Å². The van der Waals surface area contributed by atoms with Crippen molar-refractivity contribution < 1.29 is 18.0 Å². The number of alkyl halides is 3. The SMILES string of the molecule is Cn1ncc2c(C(=O)N3CC[C@@H](C(F)(F)F)n4nccc43)cc(C3CC3)nc21. The summed E-state index contributed by atoms with van der Waals surface area (Å²) in [6.07, 6.45) is 0.262. The maximum absolute atomic E-state index is 13.4. The van der Waals surface area contributed by atoms with Crippen LogP contribution >= 0.6 is 0 Å².